The Balaban J connectivity index is 2.57. The largest absolute Gasteiger partial charge is 0.508 e. The standard InChI is InChI=1S/C27H33N5O6/c1-16-9-8-10-17(2)22(16)31-24(35)23(18-11-6-7-12-20(18)33)32(14-13-28)25(36)19(15-21(29)34)30-26(37)38-27(3,4)5/h6-12,19,23,33H,14-15H2,1-5H3,(H2,29,34)(H,30,37)(H,31,35). The lowest BCUT2D eigenvalue weighted by atomic mass is 10.00. The number of hydrogen-bond donors (Lipinski definition) is 4. The first kappa shape index (κ1) is 29.6. The van der Waals surface area contributed by atoms with E-state index >= 15 is 0 Å². The van der Waals surface area contributed by atoms with E-state index in [0.717, 1.165) is 16.0 Å². The fourth-order valence-corrected chi connectivity index (χ4v) is 3.80. The van der Waals surface area contributed by atoms with Crippen LogP contribution in [0.15, 0.2) is 42.5 Å². The molecule has 0 heterocycles. The number of phenolic OH excluding ortho intramolecular Hbond substituents is 1. The minimum atomic E-state index is -1.54. The highest BCUT2D eigenvalue weighted by molar-refractivity contribution is 6.01. The van der Waals surface area contributed by atoms with Crippen LogP contribution in [0.25, 0.3) is 0 Å². The normalized spacial score (nSPS) is 12.4. The molecule has 2 aromatic carbocycles. The average Bonchev–Trinajstić information content (AvgIpc) is 2.80. The van der Waals surface area contributed by atoms with Gasteiger partial charge in [-0.15, -0.1) is 0 Å². The highest BCUT2D eigenvalue weighted by Gasteiger charge is 2.38. The Morgan fingerprint density at radius 1 is 1.08 bits per heavy atom. The number of nitriles is 1. The summed E-state index contributed by atoms with van der Waals surface area (Å²) < 4.78 is 5.20. The topological polar surface area (TPSA) is 175 Å². The maximum Gasteiger partial charge on any atom is 0.408 e. The van der Waals surface area contributed by atoms with Gasteiger partial charge in [-0.05, 0) is 51.8 Å². The molecule has 38 heavy (non-hydrogen) atoms. The Bertz CT molecular complexity index is 1230. The Labute approximate surface area is 221 Å². The quantitative estimate of drug-likeness (QED) is 0.365. The zero-order valence-corrected chi connectivity index (χ0v) is 22.1. The molecule has 5 N–H and O–H groups in total. The summed E-state index contributed by atoms with van der Waals surface area (Å²) in [5.41, 5.74) is 6.48. The lowest BCUT2D eigenvalue weighted by Gasteiger charge is -2.33. The second-order valence-electron chi connectivity index (χ2n) is 9.71. The zero-order valence-electron chi connectivity index (χ0n) is 22.1. The van der Waals surface area contributed by atoms with E-state index in [1.807, 2.05) is 12.1 Å². The summed E-state index contributed by atoms with van der Waals surface area (Å²) in [6.45, 7) is 7.83. The molecule has 202 valence electrons. The fraction of sp³-hybridized carbons (Fsp3) is 0.370. The molecule has 11 heteroatoms. The van der Waals surface area contributed by atoms with Crippen molar-refractivity contribution in [3.63, 3.8) is 0 Å². The molecular formula is C27H33N5O6. The van der Waals surface area contributed by atoms with Crippen LogP contribution in [0.3, 0.4) is 0 Å². The Hall–Kier alpha value is -4.59. The summed E-state index contributed by atoms with van der Waals surface area (Å²) in [6, 6.07) is 10.1. The minimum absolute atomic E-state index is 0.0370. The Morgan fingerprint density at radius 3 is 2.21 bits per heavy atom. The molecule has 0 saturated carbocycles. The molecule has 0 aromatic heterocycles. The summed E-state index contributed by atoms with van der Waals surface area (Å²) in [5, 5.41) is 25.3. The molecule has 2 aromatic rings. The molecule has 0 aliphatic heterocycles. The smallest absolute Gasteiger partial charge is 0.408 e. The number of carbonyl (C=O) groups excluding carboxylic acids is 4. The molecular weight excluding hydrogens is 490 g/mol. The highest BCUT2D eigenvalue weighted by Crippen LogP contribution is 2.31. The van der Waals surface area contributed by atoms with Crippen LogP contribution in [0.2, 0.25) is 0 Å². The third-order valence-electron chi connectivity index (χ3n) is 5.44. The van der Waals surface area contributed by atoms with Crippen LogP contribution in [0, 0.1) is 25.2 Å². The molecule has 0 bridgehead atoms. The van der Waals surface area contributed by atoms with E-state index in [-0.39, 0.29) is 11.3 Å². The van der Waals surface area contributed by atoms with Crippen molar-refractivity contribution in [2.75, 3.05) is 11.9 Å². The number of carbonyl (C=O) groups is 4. The van der Waals surface area contributed by atoms with Crippen molar-refractivity contribution in [3.05, 3.63) is 59.2 Å². The van der Waals surface area contributed by atoms with Crippen molar-refractivity contribution in [2.45, 2.75) is 58.7 Å². The fourth-order valence-electron chi connectivity index (χ4n) is 3.80. The first-order valence-corrected chi connectivity index (χ1v) is 11.9. The van der Waals surface area contributed by atoms with Crippen molar-refractivity contribution in [2.24, 2.45) is 5.73 Å². The molecule has 0 aliphatic carbocycles. The van der Waals surface area contributed by atoms with E-state index in [2.05, 4.69) is 10.6 Å². The molecule has 0 radical (unpaired) electrons. The van der Waals surface area contributed by atoms with Crippen LogP contribution < -0.4 is 16.4 Å². The number of aromatic hydroxyl groups is 1. The molecule has 11 nitrogen and oxygen atoms in total. The van der Waals surface area contributed by atoms with Gasteiger partial charge in [0.15, 0.2) is 0 Å². The number of anilines is 1. The first-order chi connectivity index (χ1) is 17.7. The Kier molecular flexibility index (Phi) is 9.81. The van der Waals surface area contributed by atoms with Gasteiger partial charge in [0.25, 0.3) is 5.91 Å². The number of nitrogens with one attached hydrogen (secondary N) is 2. The van der Waals surface area contributed by atoms with Crippen molar-refractivity contribution in [1.82, 2.24) is 10.2 Å². The summed E-state index contributed by atoms with van der Waals surface area (Å²) >= 11 is 0. The van der Waals surface area contributed by atoms with E-state index in [1.54, 1.807) is 52.8 Å². The number of phenols is 1. The summed E-state index contributed by atoms with van der Waals surface area (Å²) in [7, 11) is 0. The number of aryl methyl sites for hydroxylation is 2. The first-order valence-electron chi connectivity index (χ1n) is 11.9. The molecule has 0 spiro atoms. The van der Waals surface area contributed by atoms with E-state index < -0.39 is 54.5 Å². The Morgan fingerprint density at radius 2 is 1.68 bits per heavy atom. The van der Waals surface area contributed by atoms with Gasteiger partial charge in [0.05, 0.1) is 12.5 Å². The summed E-state index contributed by atoms with van der Waals surface area (Å²) in [5.74, 6) is -2.87. The van der Waals surface area contributed by atoms with E-state index in [0.29, 0.717) is 5.69 Å². The molecule has 0 aliphatic rings. The number of nitrogens with zero attached hydrogens (tertiary/aromatic N) is 2. The SMILES string of the molecule is Cc1cccc(C)c1NC(=O)C(c1ccccc1O)N(CC#N)C(=O)C(CC(N)=O)NC(=O)OC(C)(C)C. The number of ether oxygens (including phenoxy) is 1. The van der Waals surface area contributed by atoms with Crippen molar-refractivity contribution in [1.29, 1.82) is 5.26 Å². The van der Waals surface area contributed by atoms with Crippen LogP contribution in [0.1, 0.15) is 49.9 Å². The maximum atomic E-state index is 13.7. The number of benzene rings is 2. The molecule has 2 rings (SSSR count). The third kappa shape index (κ3) is 7.96. The maximum absolute atomic E-state index is 13.7. The van der Waals surface area contributed by atoms with Gasteiger partial charge >= 0.3 is 6.09 Å². The number of amides is 4. The number of nitrogens with two attached hydrogens (primary N) is 1. The average molecular weight is 524 g/mol. The number of primary amides is 1. The molecule has 0 fully saturated rings. The van der Waals surface area contributed by atoms with Gasteiger partial charge in [-0.25, -0.2) is 4.79 Å². The monoisotopic (exact) mass is 523 g/mol. The highest BCUT2D eigenvalue weighted by atomic mass is 16.6. The van der Waals surface area contributed by atoms with Gasteiger partial charge in [-0.2, -0.15) is 5.26 Å². The van der Waals surface area contributed by atoms with Crippen LogP contribution in [0.5, 0.6) is 5.75 Å². The second kappa shape index (κ2) is 12.6. The summed E-state index contributed by atoms with van der Waals surface area (Å²) in [6.07, 6.45) is -1.61. The lowest BCUT2D eigenvalue weighted by Crippen LogP contribution is -2.53. The minimum Gasteiger partial charge on any atom is -0.508 e. The zero-order chi connectivity index (χ0) is 28.6. The molecule has 0 saturated heterocycles. The molecule has 4 amide bonds. The number of alkyl carbamates (subject to hydrolysis) is 1. The van der Waals surface area contributed by atoms with Gasteiger partial charge in [-0.3, -0.25) is 14.4 Å². The van der Waals surface area contributed by atoms with E-state index in [4.69, 9.17) is 10.5 Å². The number of hydrogen-bond acceptors (Lipinski definition) is 7. The second-order valence-corrected chi connectivity index (χ2v) is 9.71. The molecule has 2 atom stereocenters. The van der Waals surface area contributed by atoms with Crippen molar-refractivity contribution >= 4 is 29.5 Å². The van der Waals surface area contributed by atoms with Crippen LogP contribution >= 0.6 is 0 Å². The number of rotatable bonds is 9. The van der Waals surface area contributed by atoms with Gasteiger partial charge in [-0.1, -0.05) is 36.4 Å². The lowest BCUT2D eigenvalue weighted by molar-refractivity contribution is -0.141. The van der Waals surface area contributed by atoms with E-state index in [1.165, 1.54) is 18.2 Å². The van der Waals surface area contributed by atoms with E-state index in [9.17, 15) is 29.5 Å². The van der Waals surface area contributed by atoms with Gasteiger partial charge in [0, 0.05) is 11.3 Å². The van der Waals surface area contributed by atoms with Crippen molar-refractivity contribution < 1.29 is 29.0 Å². The predicted octanol–water partition coefficient (Wildman–Crippen LogP) is 2.81. The van der Waals surface area contributed by atoms with Crippen LogP contribution in [-0.4, -0.2) is 52.0 Å². The van der Waals surface area contributed by atoms with Crippen molar-refractivity contribution in [3.8, 4) is 11.8 Å². The van der Waals surface area contributed by atoms with Gasteiger partial charge < -0.3 is 31.1 Å². The number of para-hydroxylation sites is 2. The molecule has 2 unspecified atom stereocenters. The van der Waals surface area contributed by atoms with Gasteiger partial charge in [0.2, 0.25) is 11.8 Å². The van der Waals surface area contributed by atoms with Crippen LogP contribution in [0.4, 0.5) is 10.5 Å². The predicted molar refractivity (Wildman–Crippen MR) is 140 cm³/mol. The third-order valence-corrected chi connectivity index (χ3v) is 5.44. The van der Waals surface area contributed by atoms with Gasteiger partial charge in [0.1, 0.15) is 30.0 Å². The van der Waals surface area contributed by atoms with Crippen LogP contribution in [-0.2, 0) is 19.1 Å². The summed E-state index contributed by atoms with van der Waals surface area (Å²) in [4.78, 5) is 52.5.